The Morgan fingerprint density at radius 1 is 1.40 bits per heavy atom. The number of H-pyrrole nitrogens is 1. The van der Waals surface area contributed by atoms with Crippen LogP contribution < -0.4 is 0 Å². The van der Waals surface area contributed by atoms with Crippen LogP contribution in [0.25, 0.3) is 11.3 Å². The highest BCUT2D eigenvalue weighted by Crippen LogP contribution is 2.42. The lowest BCUT2D eigenvalue weighted by Crippen LogP contribution is -2.52. The first kappa shape index (κ1) is 16.2. The van der Waals surface area contributed by atoms with Crippen LogP contribution >= 0.6 is 0 Å². The van der Waals surface area contributed by atoms with Crippen molar-refractivity contribution in [1.29, 1.82) is 0 Å². The second-order valence-corrected chi connectivity index (χ2v) is 6.86. The lowest BCUT2D eigenvalue weighted by atomic mass is 9.79. The smallest absolute Gasteiger partial charge is 0.272 e. The minimum atomic E-state index is -0.379. The number of carbonyl (C=O) groups is 1. The number of ether oxygens (including phenoxy) is 1. The molecule has 25 heavy (non-hydrogen) atoms. The highest BCUT2D eigenvalue weighted by atomic mass is 16.5. The van der Waals surface area contributed by atoms with E-state index in [0.29, 0.717) is 24.4 Å². The van der Waals surface area contributed by atoms with Gasteiger partial charge in [-0.2, -0.15) is 5.10 Å². The number of carbonyl (C=O) groups excluding carboxylic acids is 1. The van der Waals surface area contributed by atoms with Gasteiger partial charge in [0, 0.05) is 31.6 Å². The number of aliphatic hydroxyl groups excluding tert-OH is 1. The number of hydrogen-bond acceptors (Lipinski definition) is 5. The van der Waals surface area contributed by atoms with E-state index in [1.807, 2.05) is 17.0 Å². The van der Waals surface area contributed by atoms with Gasteiger partial charge in [0.25, 0.3) is 5.91 Å². The first-order chi connectivity index (χ1) is 12.1. The molecule has 1 saturated carbocycles. The molecule has 2 aliphatic rings. The molecule has 1 aliphatic heterocycles. The highest BCUT2D eigenvalue weighted by Gasteiger charge is 2.52. The summed E-state index contributed by atoms with van der Waals surface area (Å²) in [6.45, 7) is 0.633. The number of rotatable bonds is 3. The van der Waals surface area contributed by atoms with Crippen LogP contribution in [0, 0.1) is 0 Å². The number of methoxy groups -OCH3 is 1. The van der Waals surface area contributed by atoms with Crippen molar-refractivity contribution in [3.05, 3.63) is 36.3 Å². The molecular weight excluding hydrogens is 320 g/mol. The maximum Gasteiger partial charge on any atom is 0.272 e. The number of aromatic amines is 1. The van der Waals surface area contributed by atoms with Crippen LogP contribution in [-0.2, 0) is 4.74 Å². The maximum atomic E-state index is 13.0. The third-order valence-corrected chi connectivity index (χ3v) is 5.61. The minimum absolute atomic E-state index is 0.0918. The van der Waals surface area contributed by atoms with Crippen molar-refractivity contribution in [3.8, 4) is 11.3 Å². The number of aromatic nitrogens is 3. The molecule has 7 nitrogen and oxygen atoms in total. The molecule has 2 aromatic rings. The Hall–Kier alpha value is -2.25. The van der Waals surface area contributed by atoms with Gasteiger partial charge in [-0.1, -0.05) is 0 Å². The molecule has 0 spiro atoms. The van der Waals surface area contributed by atoms with Gasteiger partial charge in [0.2, 0.25) is 0 Å². The van der Waals surface area contributed by atoms with E-state index in [0.717, 1.165) is 24.8 Å². The van der Waals surface area contributed by atoms with E-state index < -0.39 is 0 Å². The molecule has 7 heteroatoms. The lowest BCUT2D eigenvalue weighted by Gasteiger charge is -2.42. The topological polar surface area (TPSA) is 91.3 Å². The van der Waals surface area contributed by atoms with Crippen molar-refractivity contribution in [2.75, 3.05) is 13.7 Å². The van der Waals surface area contributed by atoms with Crippen molar-refractivity contribution in [1.82, 2.24) is 20.1 Å². The zero-order valence-corrected chi connectivity index (χ0v) is 14.2. The fraction of sp³-hybridized carbons (Fsp3) is 0.500. The summed E-state index contributed by atoms with van der Waals surface area (Å²) in [6, 6.07) is 5.38. The molecule has 2 fully saturated rings. The summed E-state index contributed by atoms with van der Waals surface area (Å²) in [5, 5.41) is 17.2. The van der Waals surface area contributed by atoms with Gasteiger partial charge in [0.15, 0.2) is 0 Å². The quantitative estimate of drug-likeness (QED) is 0.884. The van der Waals surface area contributed by atoms with Crippen molar-refractivity contribution >= 4 is 5.91 Å². The first-order valence-corrected chi connectivity index (χ1v) is 8.63. The van der Waals surface area contributed by atoms with Crippen LogP contribution in [0.5, 0.6) is 0 Å². The molecule has 3 atom stereocenters. The molecule has 0 radical (unpaired) electrons. The van der Waals surface area contributed by atoms with E-state index in [1.54, 1.807) is 25.6 Å². The molecule has 1 aliphatic carbocycles. The zero-order valence-electron chi connectivity index (χ0n) is 14.2. The van der Waals surface area contributed by atoms with E-state index in [9.17, 15) is 9.90 Å². The molecular formula is C18H22N4O3. The van der Waals surface area contributed by atoms with Crippen molar-refractivity contribution in [2.24, 2.45) is 0 Å². The normalized spacial score (nSPS) is 28.8. The molecule has 1 amide bonds. The molecule has 2 N–H and O–H groups in total. The van der Waals surface area contributed by atoms with Crippen molar-refractivity contribution < 1.29 is 14.6 Å². The Morgan fingerprint density at radius 2 is 2.20 bits per heavy atom. The fourth-order valence-electron chi connectivity index (χ4n) is 4.18. The molecule has 0 bridgehead atoms. The average molecular weight is 342 g/mol. The Bertz CT molecular complexity index is 763. The highest BCUT2D eigenvalue weighted by molar-refractivity contribution is 5.94. The van der Waals surface area contributed by atoms with Gasteiger partial charge in [0.1, 0.15) is 5.69 Å². The van der Waals surface area contributed by atoms with Crippen LogP contribution in [-0.4, -0.2) is 62.5 Å². The monoisotopic (exact) mass is 342 g/mol. The molecule has 0 aromatic carbocycles. The SMILES string of the molecule is CO[C@@]12CCC(O)CC1N(C(=O)c1cc(-c3ccncc3)n[nH]1)CC2. The number of pyridine rings is 1. The second-order valence-electron chi connectivity index (χ2n) is 6.86. The predicted molar refractivity (Wildman–Crippen MR) is 90.9 cm³/mol. The summed E-state index contributed by atoms with van der Waals surface area (Å²) in [4.78, 5) is 18.8. The van der Waals surface area contributed by atoms with E-state index in [1.165, 1.54) is 0 Å². The van der Waals surface area contributed by atoms with Crippen LogP contribution in [0.3, 0.4) is 0 Å². The van der Waals surface area contributed by atoms with Gasteiger partial charge in [-0.25, -0.2) is 0 Å². The van der Waals surface area contributed by atoms with Crippen molar-refractivity contribution in [2.45, 2.75) is 43.4 Å². The first-order valence-electron chi connectivity index (χ1n) is 8.63. The Balaban J connectivity index is 1.58. The van der Waals surface area contributed by atoms with Gasteiger partial charge >= 0.3 is 0 Å². The zero-order chi connectivity index (χ0) is 17.4. The third-order valence-electron chi connectivity index (χ3n) is 5.61. The molecule has 2 unspecified atom stereocenters. The molecule has 4 rings (SSSR count). The number of likely N-dealkylation sites (tertiary alicyclic amines) is 1. The second kappa shape index (κ2) is 6.24. The average Bonchev–Trinajstić information content (AvgIpc) is 3.27. The summed E-state index contributed by atoms with van der Waals surface area (Å²) in [5.74, 6) is -0.0918. The summed E-state index contributed by atoms with van der Waals surface area (Å²) in [7, 11) is 1.70. The van der Waals surface area contributed by atoms with Crippen LogP contribution in [0.4, 0.5) is 0 Å². The summed E-state index contributed by atoms with van der Waals surface area (Å²) in [5.41, 5.74) is 1.75. The number of aliphatic hydroxyl groups is 1. The van der Waals surface area contributed by atoms with Crippen molar-refractivity contribution in [3.63, 3.8) is 0 Å². The van der Waals surface area contributed by atoms with Gasteiger partial charge < -0.3 is 14.7 Å². The third kappa shape index (κ3) is 2.73. The number of nitrogens with zero attached hydrogens (tertiary/aromatic N) is 3. The number of nitrogens with one attached hydrogen (secondary N) is 1. The summed E-state index contributed by atoms with van der Waals surface area (Å²) in [6.07, 6.45) is 5.89. The van der Waals surface area contributed by atoms with Gasteiger partial charge in [-0.15, -0.1) is 0 Å². The van der Waals surface area contributed by atoms with Gasteiger partial charge in [-0.3, -0.25) is 14.9 Å². The standard InChI is InChI=1S/C18H22N4O3/c1-25-18-5-2-13(23)10-16(18)22(9-6-18)17(24)15-11-14(20-21-15)12-3-7-19-8-4-12/h3-4,7-8,11,13,16,23H,2,5-6,9-10H2,1H3,(H,20,21)/t13?,16?,18-/m1/s1. The van der Waals surface area contributed by atoms with E-state index in [4.69, 9.17) is 4.74 Å². The lowest BCUT2D eigenvalue weighted by molar-refractivity contribution is -0.0824. The van der Waals surface area contributed by atoms with E-state index >= 15 is 0 Å². The van der Waals surface area contributed by atoms with E-state index in [2.05, 4.69) is 15.2 Å². The number of fused-ring (bicyclic) bond motifs is 1. The van der Waals surface area contributed by atoms with Crippen LogP contribution in [0.1, 0.15) is 36.2 Å². The van der Waals surface area contributed by atoms with Crippen LogP contribution in [0.2, 0.25) is 0 Å². The molecule has 3 heterocycles. The minimum Gasteiger partial charge on any atom is -0.393 e. The van der Waals surface area contributed by atoms with Crippen LogP contribution in [0.15, 0.2) is 30.6 Å². The number of amides is 1. The largest absolute Gasteiger partial charge is 0.393 e. The predicted octanol–water partition coefficient (Wildman–Crippen LogP) is 1.62. The fourth-order valence-corrected chi connectivity index (χ4v) is 4.18. The van der Waals surface area contributed by atoms with E-state index in [-0.39, 0.29) is 23.7 Å². The van der Waals surface area contributed by atoms with Gasteiger partial charge in [-0.05, 0) is 43.9 Å². The Labute approximate surface area is 146 Å². The maximum absolute atomic E-state index is 13.0. The molecule has 2 aromatic heterocycles. The molecule has 1 saturated heterocycles. The molecule has 132 valence electrons. The summed E-state index contributed by atoms with van der Waals surface area (Å²) < 4.78 is 5.80. The van der Waals surface area contributed by atoms with Gasteiger partial charge in [0.05, 0.1) is 23.4 Å². The Morgan fingerprint density at radius 3 is 2.96 bits per heavy atom. The number of hydrogen-bond donors (Lipinski definition) is 2. The Kier molecular flexibility index (Phi) is 4.05. The summed E-state index contributed by atoms with van der Waals surface area (Å²) >= 11 is 0.